The summed E-state index contributed by atoms with van der Waals surface area (Å²) >= 11 is -0.363. The van der Waals surface area contributed by atoms with Crippen molar-refractivity contribution in [3.05, 3.63) is 0 Å². The summed E-state index contributed by atoms with van der Waals surface area (Å²) in [7, 11) is 5.74. The average Bonchev–Trinajstić information content (AvgIpc) is 2.17. The van der Waals surface area contributed by atoms with Gasteiger partial charge in [-0.25, -0.2) is 0 Å². The van der Waals surface area contributed by atoms with Crippen LogP contribution in [-0.4, -0.2) is 38.8 Å². The standard InChI is InChI=1S/C9H19O2.ClH.Mg/c1-4-7-10-9(6-3)11-8-5-2;;/h9H,3-8H2,1-2H3;1H;/q;;+1/p-1. The van der Waals surface area contributed by atoms with E-state index in [2.05, 4.69) is 13.8 Å². The van der Waals surface area contributed by atoms with Crippen LogP contribution in [0.2, 0.25) is 4.55 Å². The van der Waals surface area contributed by atoms with E-state index in [4.69, 9.17) is 18.5 Å². The lowest BCUT2D eigenvalue weighted by atomic mass is 10.4. The van der Waals surface area contributed by atoms with Gasteiger partial charge in [0, 0.05) is 13.2 Å². The molecular formula is C9H19ClMgO2. The molecule has 0 rings (SSSR count). The molecule has 4 heteroatoms. The smallest absolute Gasteiger partial charge is 0.353 e. The predicted molar refractivity (Wildman–Crippen MR) is 57.3 cm³/mol. The van der Waals surface area contributed by atoms with E-state index in [0.717, 1.165) is 37.0 Å². The fourth-order valence-corrected chi connectivity index (χ4v) is 1.91. The van der Waals surface area contributed by atoms with Crippen LogP contribution in [0.15, 0.2) is 0 Å². The minimum absolute atomic E-state index is 0.00819. The minimum Gasteiger partial charge on any atom is -0.353 e. The summed E-state index contributed by atoms with van der Waals surface area (Å²) in [6, 6.07) is 0. The van der Waals surface area contributed by atoms with Crippen LogP contribution in [0.4, 0.5) is 0 Å². The maximum Gasteiger partial charge on any atom is 0.501 e. The highest BCUT2D eigenvalue weighted by molar-refractivity contribution is 6.93. The van der Waals surface area contributed by atoms with E-state index in [-0.39, 0.29) is 25.6 Å². The lowest BCUT2D eigenvalue weighted by Crippen LogP contribution is -2.18. The third kappa shape index (κ3) is 9.28. The molecule has 0 aromatic heterocycles. The summed E-state index contributed by atoms with van der Waals surface area (Å²) in [5, 5.41) is 0. The van der Waals surface area contributed by atoms with Crippen molar-refractivity contribution in [3.63, 3.8) is 0 Å². The van der Waals surface area contributed by atoms with Gasteiger partial charge < -0.3 is 18.5 Å². The Morgan fingerprint density at radius 2 is 1.69 bits per heavy atom. The number of rotatable bonds is 9. The van der Waals surface area contributed by atoms with E-state index in [1.54, 1.807) is 0 Å². The second kappa shape index (κ2) is 11.1. The van der Waals surface area contributed by atoms with Gasteiger partial charge >= 0.3 is 19.3 Å². The third-order valence-electron chi connectivity index (χ3n) is 1.59. The Hall–Kier alpha value is 0.976. The van der Waals surface area contributed by atoms with E-state index < -0.39 is 0 Å². The second-order valence-corrected chi connectivity index (χ2v) is 5.22. The first-order valence-corrected chi connectivity index (χ1v) is 8.28. The topological polar surface area (TPSA) is 18.5 Å². The lowest BCUT2D eigenvalue weighted by molar-refractivity contribution is -0.143. The molecule has 0 atom stereocenters. The summed E-state index contributed by atoms with van der Waals surface area (Å²) in [5.74, 6) is 0. The first-order valence-electron chi connectivity index (χ1n) is 5.14. The van der Waals surface area contributed by atoms with Gasteiger partial charge in [-0.1, -0.05) is 13.8 Å². The van der Waals surface area contributed by atoms with Crippen LogP contribution < -0.4 is 0 Å². The van der Waals surface area contributed by atoms with Crippen LogP contribution in [-0.2, 0) is 9.47 Å². The highest BCUT2D eigenvalue weighted by atomic mass is 35.5. The molecule has 0 aliphatic carbocycles. The molecule has 0 bridgehead atoms. The predicted octanol–water partition coefficient (Wildman–Crippen LogP) is 2.83. The molecule has 0 amide bonds. The van der Waals surface area contributed by atoms with E-state index in [1.165, 1.54) is 0 Å². The third-order valence-corrected chi connectivity index (χ3v) is 3.07. The van der Waals surface area contributed by atoms with E-state index in [0.29, 0.717) is 0 Å². The van der Waals surface area contributed by atoms with Crippen molar-refractivity contribution in [3.8, 4) is 0 Å². The summed E-state index contributed by atoms with van der Waals surface area (Å²) in [5.41, 5.74) is 0. The highest BCUT2D eigenvalue weighted by Gasteiger charge is 2.08. The van der Waals surface area contributed by atoms with Gasteiger partial charge in [-0.15, -0.1) is 4.55 Å². The Kier molecular flexibility index (Phi) is 11.9. The zero-order valence-corrected chi connectivity index (χ0v) is 10.9. The maximum atomic E-state index is 5.74. The number of ether oxygens (including phenoxy) is 2. The number of hydrogen-bond acceptors (Lipinski definition) is 2. The van der Waals surface area contributed by atoms with Crippen LogP contribution in [0.1, 0.15) is 33.1 Å². The van der Waals surface area contributed by atoms with Crippen molar-refractivity contribution in [1.82, 2.24) is 0 Å². The molecular weight excluding hydrogens is 200 g/mol. The molecule has 0 heterocycles. The average molecular weight is 219 g/mol. The monoisotopic (exact) mass is 218 g/mol. The molecule has 0 N–H and O–H groups in total. The van der Waals surface area contributed by atoms with E-state index in [1.807, 2.05) is 0 Å². The van der Waals surface area contributed by atoms with Crippen LogP contribution in [0.25, 0.3) is 0 Å². The fraction of sp³-hybridized carbons (Fsp3) is 1.00. The molecule has 76 valence electrons. The van der Waals surface area contributed by atoms with E-state index >= 15 is 0 Å². The van der Waals surface area contributed by atoms with Gasteiger partial charge in [0.2, 0.25) is 0 Å². The van der Waals surface area contributed by atoms with Gasteiger partial charge in [0.05, 0.1) is 0 Å². The van der Waals surface area contributed by atoms with Crippen LogP contribution in [0, 0.1) is 0 Å². The van der Waals surface area contributed by atoms with Gasteiger partial charge in [0.25, 0.3) is 0 Å². The molecule has 0 aliphatic heterocycles. The molecule has 0 aromatic rings. The van der Waals surface area contributed by atoms with Gasteiger partial charge in [-0.05, 0) is 19.3 Å². The number of hydrogen-bond donors (Lipinski definition) is 0. The molecule has 0 saturated carbocycles. The van der Waals surface area contributed by atoms with Crippen LogP contribution in [0.5, 0.6) is 0 Å². The second-order valence-electron chi connectivity index (χ2n) is 3.00. The first kappa shape index (κ1) is 14.0. The Balaban J connectivity index is 3.47. The largest absolute Gasteiger partial charge is 0.501 e. The van der Waals surface area contributed by atoms with Crippen molar-refractivity contribution in [1.29, 1.82) is 0 Å². The Morgan fingerprint density at radius 1 is 1.15 bits per heavy atom. The molecule has 0 spiro atoms. The maximum absolute atomic E-state index is 5.74. The normalized spacial score (nSPS) is 10.5. The molecule has 2 nitrogen and oxygen atoms in total. The van der Waals surface area contributed by atoms with Gasteiger partial charge in [-0.2, -0.15) is 0 Å². The van der Waals surface area contributed by atoms with Gasteiger partial charge in [0.1, 0.15) is 0 Å². The van der Waals surface area contributed by atoms with Crippen molar-refractivity contribution >= 4 is 28.3 Å². The molecule has 0 aromatic carbocycles. The Bertz CT molecular complexity index is 84.6. The molecule has 0 aliphatic rings. The Morgan fingerprint density at radius 3 is 2.08 bits per heavy atom. The van der Waals surface area contributed by atoms with Gasteiger partial charge in [-0.3, -0.25) is 0 Å². The van der Waals surface area contributed by atoms with Crippen molar-refractivity contribution in [2.75, 3.05) is 13.2 Å². The molecule has 0 radical (unpaired) electrons. The minimum atomic E-state index is -0.363. The zero-order valence-electron chi connectivity index (χ0n) is 8.72. The highest BCUT2D eigenvalue weighted by Crippen LogP contribution is 2.06. The lowest BCUT2D eigenvalue weighted by Gasteiger charge is -2.17. The molecule has 0 unspecified atom stereocenters. The SMILES string of the molecule is CCCOC(C[CH2][Mg][Cl])OCCC. The zero-order chi connectivity index (χ0) is 9.94. The summed E-state index contributed by atoms with van der Waals surface area (Å²) in [6.07, 6.45) is 3.05. The fourth-order valence-electron chi connectivity index (χ4n) is 0.957. The number of halogens is 1. The molecule has 0 saturated heterocycles. The van der Waals surface area contributed by atoms with Crippen molar-refractivity contribution in [2.45, 2.75) is 44.0 Å². The van der Waals surface area contributed by atoms with Crippen molar-refractivity contribution in [2.24, 2.45) is 0 Å². The quantitative estimate of drug-likeness (QED) is 0.438. The summed E-state index contributed by atoms with van der Waals surface area (Å²) < 4.78 is 12.2. The first-order chi connectivity index (χ1) is 6.35. The van der Waals surface area contributed by atoms with Crippen LogP contribution in [0.3, 0.4) is 0 Å². The van der Waals surface area contributed by atoms with Crippen molar-refractivity contribution < 1.29 is 9.47 Å². The molecule has 0 fully saturated rings. The van der Waals surface area contributed by atoms with Crippen LogP contribution >= 0.6 is 9.07 Å². The summed E-state index contributed by atoms with van der Waals surface area (Å²) in [6.45, 7) is 5.79. The Labute approximate surface area is 94.8 Å². The van der Waals surface area contributed by atoms with E-state index in [9.17, 15) is 0 Å². The molecule has 13 heavy (non-hydrogen) atoms. The summed E-state index contributed by atoms with van der Waals surface area (Å²) in [4.78, 5) is 0. The van der Waals surface area contributed by atoms with Gasteiger partial charge in [0.15, 0.2) is 6.29 Å².